The van der Waals surface area contributed by atoms with E-state index in [2.05, 4.69) is 12.2 Å². The number of carbonyl (C=O) groups excluding carboxylic acids is 1. The van der Waals surface area contributed by atoms with Crippen molar-refractivity contribution < 1.29 is 4.79 Å². The van der Waals surface area contributed by atoms with Crippen LogP contribution in [0, 0.1) is 23.7 Å². The van der Waals surface area contributed by atoms with E-state index in [4.69, 9.17) is 5.73 Å². The van der Waals surface area contributed by atoms with E-state index in [0.717, 1.165) is 36.5 Å². The van der Waals surface area contributed by atoms with Gasteiger partial charge in [0.25, 0.3) is 0 Å². The molecule has 102 valence electrons. The van der Waals surface area contributed by atoms with Gasteiger partial charge in [0.05, 0.1) is 6.04 Å². The third-order valence-electron chi connectivity index (χ3n) is 5.47. The number of carbonyl (C=O) groups is 1. The largest absolute Gasteiger partial charge is 0.351 e. The molecule has 4 bridgehead atoms. The molecule has 4 aliphatic carbocycles. The summed E-state index contributed by atoms with van der Waals surface area (Å²) in [5.41, 5.74) is 5.92. The molecule has 0 aliphatic heterocycles. The fourth-order valence-electron chi connectivity index (χ4n) is 4.87. The van der Waals surface area contributed by atoms with Crippen molar-refractivity contribution in [1.29, 1.82) is 0 Å². The fraction of sp³-hybridized carbons (Fsp3) is 0.933. The fourth-order valence-corrected chi connectivity index (χ4v) is 4.87. The summed E-state index contributed by atoms with van der Waals surface area (Å²) in [6.07, 6.45) is 8.64. The molecule has 3 heteroatoms. The van der Waals surface area contributed by atoms with Crippen LogP contribution in [0.3, 0.4) is 0 Å². The molecular weight excluding hydrogens is 224 g/mol. The summed E-state index contributed by atoms with van der Waals surface area (Å²) in [5, 5.41) is 3.28. The maximum absolute atomic E-state index is 12.1. The van der Waals surface area contributed by atoms with Gasteiger partial charge in [-0.2, -0.15) is 0 Å². The van der Waals surface area contributed by atoms with Crippen LogP contribution in [0.5, 0.6) is 0 Å². The summed E-state index contributed by atoms with van der Waals surface area (Å²) in [6, 6.07) is 0.139. The Morgan fingerprint density at radius 1 is 1.17 bits per heavy atom. The van der Waals surface area contributed by atoms with E-state index in [0.29, 0.717) is 6.04 Å². The maximum Gasteiger partial charge on any atom is 0.237 e. The first kappa shape index (κ1) is 12.5. The van der Waals surface area contributed by atoms with Crippen molar-refractivity contribution in [3.63, 3.8) is 0 Å². The van der Waals surface area contributed by atoms with Crippen LogP contribution in [0.1, 0.15) is 51.9 Å². The Hall–Kier alpha value is -0.570. The second-order valence-corrected chi connectivity index (χ2v) is 6.86. The van der Waals surface area contributed by atoms with Gasteiger partial charge >= 0.3 is 0 Å². The summed E-state index contributed by atoms with van der Waals surface area (Å²) in [4.78, 5) is 12.1. The van der Waals surface area contributed by atoms with Gasteiger partial charge in [-0.15, -0.1) is 0 Å². The van der Waals surface area contributed by atoms with Crippen molar-refractivity contribution in [3.05, 3.63) is 0 Å². The third kappa shape index (κ3) is 2.18. The summed E-state index contributed by atoms with van der Waals surface area (Å²) in [5.74, 6) is 3.52. The molecule has 4 rings (SSSR count). The average Bonchev–Trinajstić information content (AvgIpc) is 2.33. The van der Waals surface area contributed by atoms with Crippen LogP contribution in [0.15, 0.2) is 0 Å². The summed E-state index contributed by atoms with van der Waals surface area (Å²) < 4.78 is 0. The van der Waals surface area contributed by atoms with Crippen LogP contribution in [0.2, 0.25) is 0 Å². The first-order chi connectivity index (χ1) is 8.67. The molecule has 18 heavy (non-hydrogen) atoms. The van der Waals surface area contributed by atoms with Gasteiger partial charge in [-0.25, -0.2) is 0 Å². The second-order valence-electron chi connectivity index (χ2n) is 6.86. The highest BCUT2D eigenvalue weighted by molar-refractivity contribution is 5.81. The molecule has 0 spiro atoms. The van der Waals surface area contributed by atoms with Gasteiger partial charge in [0, 0.05) is 6.04 Å². The molecule has 0 unspecified atom stereocenters. The minimum absolute atomic E-state index is 0.0920. The molecule has 0 aromatic carbocycles. The number of hydrogen-bond acceptors (Lipinski definition) is 2. The monoisotopic (exact) mass is 250 g/mol. The summed E-state index contributed by atoms with van der Waals surface area (Å²) in [6.45, 7) is 2.08. The molecular formula is C15H26N2O. The van der Waals surface area contributed by atoms with E-state index in [1.807, 2.05) is 0 Å². The predicted molar refractivity (Wildman–Crippen MR) is 71.9 cm³/mol. The smallest absolute Gasteiger partial charge is 0.237 e. The number of hydrogen-bond donors (Lipinski definition) is 2. The molecule has 3 N–H and O–H groups in total. The molecule has 4 saturated carbocycles. The van der Waals surface area contributed by atoms with E-state index >= 15 is 0 Å². The minimum atomic E-state index is -0.299. The lowest BCUT2D eigenvalue weighted by molar-refractivity contribution is -0.126. The van der Waals surface area contributed by atoms with Crippen LogP contribution in [0.25, 0.3) is 0 Å². The topological polar surface area (TPSA) is 55.1 Å². The van der Waals surface area contributed by atoms with Gasteiger partial charge in [-0.3, -0.25) is 4.79 Å². The molecule has 3 nitrogen and oxygen atoms in total. The third-order valence-corrected chi connectivity index (χ3v) is 5.47. The van der Waals surface area contributed by atoms with Gasteiger partial charge in [0.1, 0.15) is 0 Å². The normalized spacial score (nSPS) is 42.9. The lowest BCUT2D eigenvalue weighted by Gasteiger charge is -2.54. The lowest BCUT2D eigenvalue weighted by Crippen LogP contribution is -2.58. The van der Waals surface area contributed by atoms with Gasteiger partial charge in [-0.1, -0.05) is 13.3 Å². The average molecular weight is 250 g/mol. The van der Waals surface area contributed by atoms with Crippen molar-refractivity contribution in [2.45, 2.75) is 64.0 Å². The predicted octanol–water partition coefficient (Wildman–Crippen LogP) is 2.05. The lowest BCUT2D eigenvalue weighted by atomic mass is 9.54. The first-order valence-corrected chi connectivity index (χ1v) is 7.73. The van der Waals surface area contributed by atoms with Crippen LogP contribution in [-0.2, 0) is 4.79 Å². The van der Waals surface area contributed by atoms with Crippen LogP contribution in [0.4, 0.5) is 0 Å². The molecule has 0 heterocycles. The van der Waals surface area contributed by atoms with Crippen molar-refractivity contribution in [2.24, 2.45) is 29.4 Å². The number of amides is 1. The Morgan fingerprint density at radius 3 is 2.22 bits per heavy atom. The van der Waals surface area contributed by atoms with Crippen molar-refractivity contribution in [2.75, 3.05) is 0 Å². The number of nitrogens with two attached hydrogens (primary N) is 1. The van der Waals surface area contributed by atoms with Gasteiger partial charge in [0.15, 0.2) is 0 Å². The Morgan fingerprint density at radius 2 is 1.72 bits per heavy atom. The highest BCUT2D eigenvalue weighted by Gasteiger charge is 2.48. The standard InChI is InChI=1S/C15H26N2O/c1-2-3-13(16)15(18)17-14-11-5-9-4-10(7-11)8-12(14)6-9/h9-14H,2-8,16H2,1H3,(H,17,18)/t9?,10?,11?,12?,13-,14?/m0/s1. The van der Waals surface area contributed by atoms with E-state index in [9.17, 15) is 4.79 Å². The molecule has 0 aromatic heterocycles. The number of rotatable bonds is 4. The van der Waals surface area contributed by atoms with E-state index in [-0.39, 0.29) is 11.9 Å². The van der Waals surface area contributed by atoms with E-state index in [1.54, 1.807) is 0 Å². The highest BCUT2D eigenvalue weighted by atomic mass is 16.2. The molecule has 0 radical (unpaired) electrons. The second kappa shape index (κ2) is 4.84. The Balaban J connectivity index is 1.61. The van der Waals surface area contributed by atoms with E-state index in [1.165, 1.54) is 32.1 Å². The van der Waals surface area contributed by atoms with Crippen molar-refractivity contribution in [3.8, 4) is 0 Å². The van der Waals surface area contributed by atoms with Crippen LogP contribution < -0.4 is 11.1 Å². The molecule has 4 fully saturated rings. The maximum atomic E-state index is 12.1. The Bertz CT molecular complexity index is 300. The zero-order valence-corrected chi connectivity index (χ0v) is 11.4. The first-order valence-electron chi connectivity index (χ1n) is 7.73. The zero-order chi connectivity index (χ0) is 12.7. The summed E-state index contributed by atoms with van der Waals surface area (Å²) >= 11 is 0. The van der Waals surface area contributed by atoms with Crippen molar-refractivity contribution >= 4 is 5.91 Å². The minimum Gasteiger partial charge on any atom is -0.351 e. The van der Waals surface area contributed by atoms with Gasteiger partial charge < -0.3 is 11.1 Å². The Kier molecular flexibility index (Phi) is 3.35. The SMILES string of the molecule is CCC[C@H](N)C(=O)NC1C2CC3CC(C2)CC1C3. The van der Waals surface area contributed by atoms with Crippen molar-refractivity contribution in [1.82, 2.24) is 5.32 Å². The molecule has 4 aliphatic rings. The zero-order valence-electron chi connectivity index (χ0n) is 11.4. The van der Waals surface area contributed by atoms with Crippen LogP contribution >= 0.6 is 0 Å². The highest BCUT2D eigenvalue weighted by Crippen LogP contribution is 2.53. The Labute approximate surface area is 110 Å². The molecule has 1 atom stereocenters. The van der Waals surface area contributed by atoms with Crippen LogP contribution in [-0.4, -0.2) is 18.0 Å². The number of nitrogens with one attached hydrogen (secondary N) is 1. The van der Waals surface area contributed by atoms with Gasteiger partial charge in [0.2, 0.25) is 5.91 Å². The molecule has 0 aromatic rings. The van der Waals surface area contributed by atoms with E-state index < -0.39 is 0 Å². The molecule has 1 amide bonds. The quantitative estimate of drug-likeness (QED) is 0.802. The summed E-state index contributed by atoms with van der Waals surface area (Å²) in [7, 11) is 0. The van der Waals surface area contributed by atoms with Gasteiger partial charge in [-0.05, 0) is 62.2 Å². The molecule has 0 saturated heterocycles.